The quantitative estimate of drug-likeness (QED) is 0.345. The number of fused-ring (bicyclic) bond motifs is 3. The van der Waals surface area contributed by atoms with Crippen molar-refractivity contribution in [2.75, 3.05) is 46.4 Å². The standard InChI is InChI=1S/C33H48N6O6/c1-21(2)39-30-8-6-5-7-23(30)15-29(32(39)43)31(42)34-25-16-26-9-10-27(17-25)38(26)20-28(41)19-37(22(3)40)14-13-36-12-11-24(18-36)35-33(44)45-4/h5-8,15,21,24-28,41H,9-14,16-20H2,1-4H3,(H,34,42)(H,35,44)/t24?,25?,26-,27+,28?. The van der Waals surface area contributed by atoms with Crippen molar-refractivity contribution < 1.29 is 24.2 Å². The van der Waals surface area contributed by atoms with Crippen LogP contribution in [-0.2, 0) is 9.53 Å². The van der Waals surface area contributed by atoms with Gasteiger partial charge >= 0.3 is 6.09 Å². The number of amides is 3. The molecule has 45 heavy (non-hydrogen) atoms. The predicted molar refractivity (Wildman–Crippen MR) is 171 cm³/mol. The Labute approximate surface area is 264 Å². The normalized spacial score (nSPS) is 24.1. The van der Waals surface area contributed by atoms with Crippen molar-refractivity contribution in [3.05, 3.63) is 46.2 Å². The Morgan fingerprint density at radius 3 is 2.44 bits per heavy atom. The molecule has 3 aliphatic rings. The average Bonchev–Trinajstić information content (AvgIpc) is 3.53. The van der Waals surface area contributed by atoms with E-state index >= 15 is 0 Å². The fraction of sp³-hybridized carbons (Fsp3) is 0.636. The van der Waals surface area contributed by atoms with Gasteiger partial charge < -0.3 is 29.9 Å². The number of aliphatic hydroxyl groups is 1. The largest absolute Gasteiger partial charge is 0.453 e. The molecule has 0 saturated carbocycles. The number of piperidine rings is 1. The van der Waals surface area contributed by atoms with Crippen LogP contribution in [0.5, 0.6) is 0 Å². The smallest absolute Gasteiger partial charge is 0.407 e. The first-order chi connectivity index (χ1) is 21.5. The highest BCUT2D eigenvalue weighted by Crippen LogP contribution is 2.36. The zero-order valence-corrected chi connectivity index (χ0v) is 26.9. The van der Waals surface area contributed by atoms with Crippen LogP contribution in [0.25, 0.3) is 10.9 Å². The topological polar surface area (TPSA) is 136 Å². The van der Waals surface area contributed by atoms with Crippen LogP contribution in [0.3, 0.4) is 0 Å². The molecule has 0 spiro atoms. The summed E-state index contributed by atoms with van der Waals surface area (Å²) < 4.78 is 6.37. The van der Waals surface area contributed by atoms with Gasteiger partial charge in [0, 0.05) is 76.4 Å². The van der Waals surface area contributed by atoms with Gasteiger partial charge in [0.1, 0.15) is 5.56 Å². The number of aromatic nitrogens is 1. The lowest BCUT2D eigenvalue weighted by Gasteiger charge is -2.40. The Balaban J connectivity index is 1.14. The summed E-state index contributed by atoms with van der Waals surface area (Å²) in [4.78, 5) is 57.0. The summed E-state index contributed by atoms with van der Waals surface area (Å²) in [7, 11) is 1.35. The summed E-state index contributed by atoms with van der Waals surface area (Å²) >= 11 is 0. The van der Waals surface area contributed by atoms with Crippen molar-refractivity contribution in [3.63, 3.8) is 0 Å². The SMILES string of the molecule is COC(=O)NC1CCN(CCN(CC(O)CN2[C@@H]3CC[C@H]2CC(NC(=O)c2cc4ccccc4n(C(C)C)c2=O)C3)C(C)=O)C1. The fourth-order valence-electron chi connectivity index (χ4n) is 7.49. The molecular weight excluding hydrogens is 576 g/mol. The van der Waals surface area contributed by atoms with E-state index in [2.05, 4.69) is 25.2 Å². The second-order valence-corrected chi connectivity index (χ2v) is 13.2. The number of pyridine rings is 1. The minimum atomic E-state index is -0.692. The van der Waals surface area contributed by atoms with Crippen molar-refractivity contribution in [1.29, 1.82) is 0 Å². The summed E-state index contributed by atoms with van der Waals surface area (Å²) in [6, 6.07) is 9.69. The minimum absolute atomic E-state index is 0.0309. The second kappa shape index (κ2) is 14.3. The summed E-state index contributed by atoms with van der Waals surface area (Å²) in [6.07, 6.45) is 3.20. The molecule has 0 radical (unpaired) electrons. The third-order valence-corrected chi connectivity index (χ3v) is 9.69. The van der Waals surface area contributed by atoms with Crippen LogP contribution in [0.2, 0.25) is 0 Å². The van der Waals surface area contributed by atoms with E-state index in [9.17, 15) is 24.3 Å². The van der Waals surface area contributed by atoms with Gasteiger partial charge in [-0.3, -0.25) is 24.2 Å². The van der Waals surface area contributed by atoms with Gasteiger partial charge in [-0.05, 0) is 63.5 Å². The lowest BCUT2D eigenvalue weighted by molar-refractivity contribution is -0.130. The maximum atomic E-state index is 13.4. The Hall–Kier alpha value is -3.48. The number of benzene rings is 1. The molecule has 246 valence electrons. The number of carbonyl (C=O) groups excluding carboxylic acids is 3. The third kappa shape index (κ3) is 7.67. The molecule has 4 heterocycles. The van der Waals surface area contributed by atoms with Gasteiger partial charge in [-0.25, -0.2) is 4.79 Å². The molecule has 3 amide bonds. The molecule has 5 rings (SSSR count). The van der Waals surface area contributed by atoms with Gasteiger partial charge in [-0.15, -0.1) is 0 Å². The summed E-state index contributed by atoms with van der Waals surface area (Å²) in [5, 5.41) is 17.9. The van der Waals surface area contributed by atoms with Crippen LogP contribution in [0.15, 0.2) is 35.1 Å². The van der Waals surface area contributed by atoms with Crippen molar-refractivity contribution in [3.8, 4) is 0 Å². The Morgan fingerprint density at radius 1 is 1.07 bits per heavy atom. The third-order valence-electron chi connectivity index (χ3n) is 9.69. The number of carbonyl (C=O) groups is 3. The highest BCUT2D eigenvalue weighted by molar-refractivity contribution is 5.97. The number of hydrogen-bond donors (Lipinski definition) is 3. The highest BCUT2D eigenvalue weighted by atomic mass is 16.5. The number of aliphatic hydroxyl groups excluding tert-OH is 1. The van der Waals surface area contributed by atoms with Gasteiger partial charge in [0.05, 0.1) is 18.7 Å². The number of alkyl carbamates (subject to hydrolysis) is 1. The maximum absolute atomic E-state index is 13.4. The Morgan fingerprint density at radius 2 is 1.78 bits per heavy atom. The molecule has 2 aromatic rings. The van der Waals surface area contributed by atoms with Crippen molar-refractivity contribution in [2.45, 2.75) is 89.2 Å². The first-order valence-electron chi connectivity index (χ1n) is 16.2. The molecule has 3 fully saturated rings. The van der Waals surface area contributed by atoms with Crippen LogP contribution in [0.1, 0.15) is 69.3 Å². The summed E-state index contributed by atoms with van der Waals surface area (Å²) in [5.41, 5.74) is 0.711. The number of nitrogens with one attached hydrogen (secondary N) is 2. The van der Waals surface area contributed by atoms with Crippen LogP contribution in [-0.4, -0.2) is 119 Å². The summed E-state index contributed by atoms with van der Waals surface area (Å²) in [5.74, 6) is -0.410. The molecule has 1 aromatic heterocycles. The minimum Gasteiger partial charge on any atom is -0.453 e. The van der Waals surface area contributed by atoms with E-state index in [4.69, 9.17) is 0 Å². The van der Waals surface area contributed by atoms with Crippen molar-refractivity contribution in [1.82, 2.24) is 29.9 Å². The van der Waals surface area contributed by atoms with Gasteiger partial charge in [0.25, 0.3) is 11.5 Å². The van der Waals surface area contributed by atoms with Gasteiger partial charge in [0.15, 0.2) is 0 Å². The van der Waals surface area contributed by atoms with E-state index in [-0.39, 0.29) is 59.7 Å². The Kier molecular flexibility index (Phi) is 10.5. The maximum Gasteiger partial charge on any atom is 0.407 e. The van der Waals surface area contributed by atoms with Crippen LogP contribution in [0.4, 0.5) is 4.79 Å². The molecule has 5 atom stereocenters. The molecule has 0 aliphatic carbocycles. The molecule has 1 aromatic carbocycles. The van der Waals surface area contributed by atoms with Crippen molar-refractivity contribution in [2.24, 2.45) is 0 Å². The van der Waals surface area contributed by atoms with Crippen molar-refractivity contribution >= 4 is 28.8 Å². The van der Waals surface area contributed by atoms with Gasteiger partial charge in [-0.2, -0.15) is 0 Å². The Bertz CT molecular complexity index is 1430. The van der Waals surface area contributed by atoms with Gasteiger partial charge in [0.2, 0.25) is 5.91 Å². The van der Waals surface area contributed by atoms with E-state index in [1.165, 1.54) is 14.0 Å². The molecule has 3 aliphatic heterocycles. The van der Waals surface area contributed by atoms with E-state index in [0.717, 1.165) is 49.6 Å². The number of nitrogens with zero attached hydrogens (tertiary/aromatic N) is 4. The zero-order valence-electron chi connectivity index (χ0n) is 26.9. The lowest BCUT2D eigenvalue weighted by atomic mass is 9.96. The number of hydrogen-bond acceptors (Lipinski definition) is 8. The van der Waals surface area contributed by atoms with Crippen LogP contribution in [0, 0.1) is 0 Å². The number of methoxy groups -OCH3 is 1. The number of ether oxygens (including phenoxy) is 1. The highest BCUT2D eigenvalue weighted by Gasteiger charge is 2.42. The predicted octanol–water partition coefficient (Wildman–Crippen LogP) is 1.95. The van der Waals surface area contributed by atoms with E-state index in [1.807, 2.05) is 38.1 Å². The zero-order chi connectivity index (χ0) is 32.2. The summed E-state index contributed by atoms with van der Waals surface area (Å²) in [6.45, 7) is 8.85. The number of likely N-dealkylation sites (tertiary alicyclic amines) is 1. The van der Waals surface area contributed by atoms with Crippen LogP contribution < -0.4 is 16.2 Å². The molecule has 12 heteroatoms. The van der Waals surface area contributed by atoms with Crippen LogP contribution >= 0.6 is 0 Å². The van der Waals surface area contributed by atoms with E-state index in [0.29, 0.717) is 26.2 Å². The molecule has 3 N–H and O–H groups in total. The number of rotatable bonds is 11. The first kappa shape index (κ1) is 32.9. The van der Waals surface area contributed by atoms with E-state index in [1.54, 1.807) is 15.5 Å². The molecular formula is C33H48N6O6. The number of para-hydroxylation sites is 1. The van der Waals surface area contributed by atoms with Gasteiger partial charge in [-0.1, -0.05) is 18.2 Å². The molecule has 3 unspecified atom stereocenters. The lowest BCUT2D eigenvalue weighted by Crippen LogP contribution is -2.54. The molecule has 3 saturated heterocycles. The average molecular weight is 625 g/mol. The van der Waals surface area contributed by atoms with E-state index < -0.39 is 12.2 Å². The monoisotopic (exact) mass is 624 g/mol. The fourth-order valence-corrected chi connectivity index (χ4v) is 7.49. The molecule has 2 bridgehead atoms. The second-order valence-electron chi connectivity index (χ2n) is 13.2. The first-order valence-corrected chi connectivity index (χ1v) is 16.2. The molecule has 12 nitrogen and oxygen atoms in total.